The Hall–Kier alpha value is -4.19. The number of rotatable bonds is 10. The summed E-state index contributed by atoms with van der Waals surface area (Å²) in [4.78, 5) is 61.3. The lowest BCUT2D eigenvalue weighted by Crippen LogP contribution is -2.54. The number of amides is 3. The van der Waals surface area contributed by atoms with Crippen molar-refractivity contribution >= 4 is 34.6 Å². The predicted octanol–water partition coefficient (Wildman–Crippen LogP) is -0.320. The number of carbonyl (C=O) groups excluding carboxylic acids is 3. The number of nitrogens with zero attached hydrogens (tertiary/aromatic N) is 2. The van der Waals surface area contributed by atoms with E-state index in [-0.39, 0.29) is 19.4 Å². The monoisotopic (exact) mass is 495 g/mol. The minimum Gasteiger partial charge on any atom is -0.480 e. The number of aromatic nitrogens is 3. The Labute approximate surface area is 206 Å². The highest BCUT2D eigenvalue weighted by molar-refractivity contribution is 5.93. The van der Waals surface area contributed by atoms with Crippen LogP contribution in [0.2, 0.25) is 0 Å². The Morgan fingerprint density at radius 2 is 2.00 bits per heavy atom. The Morgan fingerprint density at radius 3 is 2.75 bits per heavy atom. The zero-order valence-corrected chi connectivity index (χ0v) is 19.6. The number of nitrogens with one attached hydrogen (secondary N) is 4. The molecule has 0 radical (unpaired) electrons. The molecule has 4 rings (SSSR count). The van der Waals surface area contributed by atoms with Crippen LogP contribution in [0.25, 0.3) is 10.9 Å². The van der Waals surface area contributed by atoms with Gasteiger partial charge in [-0.25, -0.2) is 9.78 Å². The minimum absolute atomic E-state index is 0.157. The van der Waals surface area contributed by atoms with Gasteiger partial charge in [-0.15, -0.1) is 0 Å². The van der Waals surface area contributed by atoms with Crippen molar-refractivity contribution in [2.45, 2.75) is 43.8 Å². The fourth-order valence-electron chi connectivity index (χ4n) is 4.48. The number of carboxylic acid groups (broad SMARTS) is 1. The predicted molar refractivity (Wildman–Crippen MR) is 130 cm³/mol. The number of benzene rings is 1. The van der Waals surface area contributed by atoms with E-state index in [0.717, 1.165) is 16.5 Å². The molecule has 0 bridgehead atoms. The molecule has 3 atom stereocenters. The largest absolute Gasteiger partial charge is 0.480 e. The van der Waals surface area contributed by atoms with E-state index in [1.54, 1.807) is 12.4 Å². The van der Waals surface area contributed by atoms with Crippen LogP contribution in [-0.2, 0) is 32.0 Å². The van der Waals surface area contributed by atoms with Crippen molar-refractivity contribution in [2.24, 2.45) is 5.73 Å². The van der Waals surface area contributed by atoms with Gasteiger partial charge in [0.1, 0.15) is 12.1 Å². The number of aliphatic carboxylic acids is 1. The standard InChI is InChI=1S/C24H29N7O5/c25-17(9-15-11-26-13-29-15)22(33)28-12-21(32)30-19(23(34)31-7-3-6-20(31)24(35)36)8-14-10-27-18-5-2-1-4-16(14)18/h1-2,4-5,10-11,13,17,19-20,27H,3,6-9,12,25H2,(H,26,29)(H,28,33)(H,30,32)(H,35,36). The van der Waals surface area contributed by atoms with Crippen LogP contribution in [0.4, 0.5) is 0 Å². The molecule has 2 aromatic heterocycles. The normalized spacial score (nSPS) is 17.0. The molecule has 1 aromatic carbocycles. The van der Waals surface area contributed by atoms with E-state index >= 15 is 0 Å². The second-order valence-corrected chi connectivity index (χ2v) is 8.82. The molecular formula is C24H29N7O5. The van der Waals surface area contributed by atoms with Gasteiger partial charge in [-0.2, -0.15) is 0 Å². The molecular weight excluding hydrogens is 466 g/mol. The van der Waals surface area contributed by atoms with Crippen molar-refractivity contribution in [3.63, 3.8) is 0 Å². The van der Waals surface area contributed by atoms with E-state index in [1.807, 2.05) is 24.3 Å². The molecule has 36 heavy (non-hydrogen) atoms. The van der Waals surface area contributed by atoms with E-state index in [0.29, 0.717) is 25.1 Å². The number of aromatic amines is 2. The van der Waals surface area contributed by atoms with Gasteiger partial charge in [-0.1, -0.05) is 18.2 Å². The summed E-state index contributed by atoms with van der Waals surface area (Å²) in [6.07, 6.45) is 6.12. The van der Waals surface area contributed by atoms with Crippen LogP contribution in [0.3, 0.4) is 0 Å². The maximum atomic E-state index is 13.4. The lowest BCUT2D eigenvalue weighted by Gasteiger charge is -2.27. The number of para-hydroxylation sites is 1. The highest BCUT2D eigenvalue weighted by Gasteiger charge is 2.38. The summed E-state index contributed by atoms with van der Waals surface area (Å²) in [6, 6.07) is 4.74. The summed E-state index contributed by atoms with van der Waals surface area (Å²) in [7, 11) is 0. The zero-order chi connectivity index (χ0) is 25.7. The van der Waals surface area contributed by atoms with Crippen LogP contribution < -0.4 is 16.4 Å². The Bertz CT molecular complexity index is 1240. The highest BCUT2D eigenvalue weighted by atomic mass is 16.4. The first-order valence-electron chi connectivity index (χ1n) is 11.7. The third kappa shape index (κ3) is 5.71. The molecule has 3 aromatic rings. The molecule has 3 unspecified atom stereocenters. The second kappa shape index (κ2) is 11.0. The van der Waals surface area contributed by atoms with Crippen LogP contribution >= 0.6 is 0 Å². The molecule has 0 aliphatic carbocycles. The molecule has 3 heterocycles. The second-order valence-electron chi connectivity index (χ2n) is 8.82. The van der Waals surface area contributed by atoms with Crippen LogP contribution in [0, 0.1) is 0 Å². The van der Waals surface area contributed by atoms with Crippen LogP contribution in [0.1, 0.15) is 24.1 Å². The lowest BCUT2D eigenvalue weighted by atomic mass is 10.0. The van der Waals surface area contributed by atoms with Gasteiger partial charge in [-0.05, 0) is 24.5 Å². The van der Waals surface area contributed by atoms with E-state index in [2.05, 4.69) is 25.6 Å². The number of hydrogen-bond donors (Lipinski definition) is 6. The molecule has 0 saturated carbocycles. The Balaban J connectivity index is 1.44. The number of carboxylic acids is 1. The van der Waals surface area contributed by atoms with E-state index in [4.69, 9.17) is 5.73 Å². The van der Waals surface area contributed by atoms with Crippen molar-refractivity contribution in [2.75, 3.05) is 13.1 Å². The van der Waals surface area contributed by atoms with Gasteiger partial charge in [-0.3, -0.25) is 14.4 Å². The number of imidazole rings is 1. The number of nitrogens with two attached hydrogens (primary N) is 1. The Morgan fingerprint density at radius 1 is 1.19 bits per heavy atom. The molecule has 1 saturated heterocycles. The topological polar surface area (TPSA) is 186 Å². The quantitative estimate of drug-likeness (QED) is 0.222. The van der Waals surface area contributed by atoms with Gasteiger partial charge >= 0.3 is 5.97 Å². The van der Waals surface area contributed by atoms with Crippen molar-refractivity contribution in [1.82, 2.24) is 30.5 Å². The highest BCUT2D eigenvalue weighted by Crippen LogP contribution is 2.22. The van der Waals surface area contributed by atoms with Crippen molar-refractivity contribution in [3.8, 4) is 0 Å². The summed E-state index contributed by atoms with van der Waals surface area (Å²) in [5.74, 6) is -2.65. The molecule has 12 heteroatoms. The van der Waals surface area contributed by atoms with Gasteiger partial charge in [0.05, 0.1) is 18.9 Å². The first-order chi connectivity index (χ1) is 17.3. The third-order valence-electron chi connectivity index (χ3n) is 6.31. The van der Waals surface area contributed by atoms with E-state index < -0.39 is 41.8 Å². The molecule has 1 fully saturated rings. The fraction of sp³-hybridized carbons (Fsp3) is 0.375. The summed E-state index contributed by atoms with van der Waals surface area (Å²) in [6.45, 7) is -0.0786. The summed E-state index contributed by atoms with van der Waals surface area (Å²) >= 11 is 0. The smallest absolute Gasteiger partial charge is 0.326 e. The van der Waals surface area contributed by atoms with Gasteiger partial charge in [0, 0.05) is 48.4 Å². The van der Waals surface area contributed by atoms with E-state index in [1.165, 1.54) is 11.2 Å². The molecule has 12 nitrogen and oxygen atoms in total. The van der Waals surface area contributed by atoms with Crippen LogP contribution in [0.5, 0.6) is 0 Å². The molecule has 0 spiro atoms. The molecule has 1 aliphatic heterocycles. The van der Waals surface area contributed by atoms with Crippen molar-refractivity contribution in [3.05, 3.63) is 54.2 Å². The Kier molecular flexibility index (Phi) is 7.64. The third-order valence-corrected chi connectivity index (χ3v) is 6.31. The van der Waals surface area contributed by atoms with Gasteiger partial charge in [0.25, 0.3) is 0 Å². The first kappa shape index (κ1) is 24.9. The fourth-order valence-corrected chi connectivity index (χ4v) is 4.48. The van der Waals surface area contributed by atoms with Crippen molar-refractivity contribution in [1.29, 1.82) is 0 Å². The maximum Gasteiger partial charge on any atom is 0.326 e. The molecule has 3 amide bonds. The molecule has 1 aliphatic rings. The van der Waals surface area contributed by atoms with Gasteiger partial charge in [0.2, 0.25) is 17.7 Å². The van der Waals surface area contributed by atoms with Crippen LogP contribution in [0.15, 0.2) is 43.0 Å². The number of fused-ring (bicyclic) bond motifs is 1. The van der Waals surface area contributed by atoms with Crippen molar-refractivity contribution < 1.29 is 24.3 Å². The summed E-state index contributed by atoms with van der Waals surface area (Å²) < 4.78 is 0. The number of carbonyl (C=O) groups is 4. The van der Waals surface area contributed by atoms with Crippen LogP contribution in [-0.4, -0.2) is 79.9 Å². The van der Waals surface area contributed by atoms with E-state index in [9.17, 15) is 24.3 Å². The van der Waals surface area contributed by atoms with Gasteiger partial charge < -0.3 is 36.3 Å². The summed E-state index contributed by atoms with van der Waals surface area (Å²) in [5.41, 5.74) is 8.28. The first-order valence-corrected chi connectivity index (χ1v) is 11.7. The lowest BCUT2D eigenvalue weighted by molar-refractivity contribution is -0.149. The maximum absolute atomic E-state index is 13.4. The summed E-state index contributed by atoms with van der Waals surface area (Å²) in [5, 5.41) is 15.6. The average Bonchev–Trinajstić information content (AvgIpc) is 3.63. The average molecular weight is 496 g/mol. The van der Waals surface area contributed by atoms with Gasteiger partial charge in [0.15, 0.2) is 0 Å². The minimum atomic E-state index is -1.07. The molecule has 7 N–H and O–H groups in total. The SMILES string of the molecule is NC(Cc1cnc[nH]1)C(=O)NCC(=O)NC(Cc1c[nH]c2ccccc12)C(=O)N1CCCC1C(=O)O. The molecule has 190 valence electrons. The number of H-pyrrole nitrogens is 2. The zero-order valence-electron chi connectivity index (χ0n) is 19.6. The number of hydrogen-bond acceptors (Lipinski definition) is 6. The number of likely N-dealkylation sites (tertiary alicyclic amines) is 1.